The summed E-state index contributed by atoms with van der Waals surface area (Å²) in [7, 11) is 0. The molecular weight excluding hydrogens is 442 g/mol. The summed E-state index contributed by atoms with van der Waals surface area (Å²) in [5, 5.41) is 4.00. The van der Waals surface area contributed by atoms with Crippen molar-refractivity contribution in [1.29, 1.82) is 0 Å². The number of carbonyl (C=O) groups is 1. The second kappa shape index (κ2) is 9.02. The van der Waals surface area contributed by atoms with Crippen LogP contribution >= 0.6 is 22.9 Å². The van der Waals surface area contributed by atoms with Crippen LogP contribution in [0.25, 0.3) is 10.1 Å². The molecule has 0 spiro atoms. The summed E-state index contributed by atoms with van der Waals surface area (Å²) in [6.45, 7) is 7.01. The Balaban J connectivity index is 1.22. The third-order valence-electron chi connectivity index (χ3n) is 6.78. The van der Waals surface area contributed by atoms with Crippen LogP contribution < -0.4 is 10.6 Å². The maximum absolute atomic E-state index is 11.5. The van der Waals surface area contributed by atoms with Crippen LogP contribution in [0.5, 0.6) is 0 Å². The lowest BCUT2D eigenvalue weighted by Crippen LogP contribution is -2.52. The molecule has 2 aliphatic rings. The Kier molecular flexibility index (Phi) is 6.12. The number of primary amides is 1. The Hall–Kier alpha value is -2.12. The van der Waals surface area contributed by atoms with E-state index in [0.717, 1.165) is 49.4 Å². The normalized spacial score (nSPS) is 21.6. The van der Waals surface area contributed by atoms with Crippen LogP contribution in [-0.2, 0) is 11.2 Å². The molecule has 1 fully saturated rings. The number of carbonyl (C=O) groups excluding carboxylic acids is 1. The molecule has 168 valence electrons. The minimum absolute atomic E-state index is 0.0778. The average Bonchev–Trinajstić information content (AvgIpc) is 3.17. The number of fused-ring (bicyclic) bond motifs is 2. The van der Waals surface area contributed by atoms with Crippen LogP contribution in [0.3, 0.4) is 0 Å². The van der Waals surface area contributed by atoms with E-state index >= 15 is 0 Å². The van der Waals surface area contributed by atoms with Gasteiger partial charge in [0.1, 0.15) is 0 Å². The average molecular weight is 470 g/mol. The van der Waals surface area contributed by atoms with Gasteiger partial charge in [0.05, 0.1) is 17.7 Å². The molecule has 1 saturated heterocycles. The lowest BCUT2D eigenvalue weighted by molar-refractivity contribution is 0.0255. The summed E-state index contributed by atoms with van der Waals surface area (Å²) in [5.74, 6) is -0.372. The van der Waals surface area contributed by atoms with Crippen molar-refractivity contribution in [3.05, 3.63) is 63.5 Å². The highest BCUT2D eigenvalue weighted by molar-refractivity contribution is 7.17. The van der Waals surface area contributed by atoms with Crippen molar-refractivity contribution < 1.29 is 9.53 Å². The molecule has 3 aromatic rings. The van der Waals surface area contributed by atoms with E-state index < -0.39 is 0 Å². The van der Waals surface area contributed by atoms with Crippen LogP contribution in [-0.4, -0.2) is 49.6 Å². The highest BCUT2D eigenvalue weighted by atomic mass is 35.5. The summed E-state index contributed by atoms with van der Waals surface area (Å²) in [5.41, 5.74) is 9.67. The number of ether oxygens (including phenoxy) is 1. The zero-order valence-electron chi connectivity index (χ0n) is 18.2. The molecule has 1 aromatic heterocycles. The van der Waals surface area contributed by atoms with Gasteiger partial charge in [0.15, 0.2) is 0 Å². The van der Waals surface area contributed by atoms with Gasteiger partial charge < -0.3 is 15.4 Å². The first kappa shape index (κ1) is 21.7. The topological polar surface area (TPSA) is 58.8 Å². The van der Waals surface area contributed by atoms with E-state index in [0.29, 0.717) is 18.2 Å². The smallest absolute Gasteiger partial charge is 0.248 e. The fourth-order valence-electron chi connectivity index (χ4n) is 4.96. The summed E-state index contributed by atoms with van der Waals surface area (Å²) >= 11 is 8.05. The van der Waals surface area contributed by atoms with E-state index in [1.807, 2.05) is 23.6 Å². The van der Waals surface area contributed by atoms with Crippen LogP contribution in [0.4, 0.5) is 5.69 Å². The van der Waals surface area contributed by atoms with E-state index in [1.165, 1.54) is 21.5 Å². The number of piperazine rings is 1. The van der Waals surface area contributed by atoms with E-state index in [1.54, 1.807) is 11.3 Å². The number of anilines is 1. The number of hydrogen-bond acceptors (Lipinski definition) is 5. The summed E-state index contributed by atoms with van der Waals surface area (Å²) < 4.78 is 7.34. The first-order valence-electron chi connectivity index (χ1n) is 11.2. The molecule has 5 rings (SSSR count). The molecule has 0 aliphatic carbocycles. The molecule has 0 radical (unpaired) electrons. The fourth-order valence-corrected chi connectivity index (χ4v) is 6.10. The number of hydrogen-bond donors (Lipinski definition) is 1. The molecule has 2 aromatic carbocycles. The number of nitrogens with two attached hydrogens (primary N) is 1. The lowest BCUT2D eigenvalue weighted by Gasteiger charge is -2.41. The molecule has 7 heteroatoms. The molecule has 2 aliphatic heterocycles. The second-order valence-corrected chi connectivity index (χ2v) is 10.1. The molecule has 0 unspecified atom stereocenters. The molecule has 2 atom stereocenters. The molecule has 0 bridgehead atoms. The van der Waals surface area contributed by atoms with Crippen LogP contribution in [0.1, 0.15) is 40.9 Å². The summed E-state index contributed by atoms with van der Waals surface area (Å²) in [6, 6.07) is 12.9. The van der Waals surface area contributed by atoms with Gasteiger partial charge in [-0.2, -0.15) is 0 Å². The van der Waals surface area contributed by atoms with Crippen molar-refractivity contribution in [3.63, 3.8) is 0 Å². The van der Waals surface area contributed by atoms with Gasteiger partial charge in [0, 0.05) is 58.9 Å². The molecule has 32 heavy (non-hydrogen) atoms. The van der Waals surface area contributed by atoms with Crippen molar-refractivity contribution in [2.75, 3.05) is 37.7 Å². The third-order valence-corrected chi connectivity index (χ3v) is 8.19. The number of rotatable bonds is 5. The zero-order valence-corrected chi connectivity index (χ0v) is 19.8. The number of halogens is 1. The van der Waals surface area contributed by atoms with Crippen LogP contribution in [0, 0.1) is 0 Å². The molecule has 0 saturated carbocycles. The second-order valence-electron chi connectivity index (χ2n) is 8.77. The minimum Gasteiger partial charge on any atom is -0.373 e. The van der Waals surface area contributed by atoms with Crippen LogP contribution in [0.2, 0.25) is 5.02 Å². The van der Waals surface area contributed by atoms with Crippen molar-refractivity contribution in [2.24, 2.45) is 5.73 Å². The third kappa shape index (κ3) is 4.25. The minimum atomic E-state index is -0.372. The Morgan fingerprint density at radius 3 is 2.94 bits per heavy atom. The predicted octanol–water partition coefficient (Wildman–Crippen LogP) is 4.87. The van der Waals surface area contributed by atoms with Gasteiger partial charge >= 0.3 is 0 Å². The largest absolute Gasteiger partial charge is 0.373 e. The molecule has 5 nitrogen and oxygen atoms in total. The molecular formula is C25H28ClN3O2S. The van der Waals surface area contributed by atoms with Crippen molar-refractivity contribution in [1.82, 2.24) is 4.90 Å². The monoisotopic (exact) mass is 469 g/mol. The molecule has 1 amide bonds. The molecule has 3 heterocycles. The standard InChI is InChI=1S/C25H28ClN3O2S/c1-16-14-29(19-3-5-24-21(13-19)22(26)15-32-24)10-9-28(16)8-6-23-20-4-2-18(25(27)30)12-17(20)7-11-31-23/h2-5,12-13,15-16,23H,6-11,14H2,1H3,(H2,27,30)/t16-,23+/m1/s1. The zero-order chi connectivity index (χ0) is 22.2. The number of nitrogens with zero attached hydrogens (tertiary/aromatic N) is 2. The van der Waals surface area contributed by atoms with Gasteiger partial charge in [0.25, 0.3) is 0 Å². The van der Waals surface area contributed by atoms with Crippen molar-refractivity contribution >= 4 is 44.6 Å². The van der Waals surface area contributed by atoms with E-state index in [9.17, 15) is 4.79 Å². The predicted molar refractivity (Wildman–Crippen MR) is 132 cm³/mol. The first-order chi connectivity index (χ1) is 15.5. The fraction of sp³-hybridized carbons (Fsp3) is 0.400. The van der Waals surface area contributed by atoms with Crippen molar-refractivity contribution in [2.45, 2.75) is 31.9 Å². The van der Waals surface area contributed by atoms with E-state index in [-0.39, 0.29) is 12.0 Å². The molecule has 2 N–H and O–H groups in total. The number of thiophene rings is 1. The summed E-state index contributed by atoms with van der Waals surface area (Å²) in [6.07, 6.45) is 1.86. The Morgan fingerprint density at radius 1 is 1.25 bits per heavy atom. The van der Waals surface area contributed by atoms with Gasteiger partial charge in [-0.15, -0.1) is 11.3 Å². The lowest BCUT2D eigenvalue weighted by atomic mass is 9.93. The van der Waals surface area contributed by atoms with E-state index in [2.05, 4.69) is 34.9 Å². The highest BCUT2D eigenvalue weighted by Gasteiger charge is 2.27. The van der Waals surface area contributed by atoms with Gasteiger partial charge in [-0.3, -0.25) is 9.69 Å². The summed E-state index contributed by atoms with van der Waals surface area (Å²) in [4.78, 5) is 16.5. The number of amides is 1. The quantitative estimate of drug-likeness (QED) is 0.579. The van der Waals surface area contributed by atoms with Crippen molar-refractivity contribution in [3.8, 4) is 0 Å². The van der Waals surface area contributed by atoms with E-state index in [4.69, 9.17) is 22.1 Å². The Bertz CT molecular complexity index is 1150. The Labute approximate surface area is 197 Å². The van der Waals surface area contributed by atoms with Crippen LogP contribution in [0.15, 0.2) is 41.8 Å². The van der Waals surface area contributed by atoms with Gasteiger partial charge in [-0.05, 0) is 61.2 Å². The highest BCUT2D eigenvalue weighted by Crippen LogP contribution is 2.34. The van der Waals surface area contributed by atoms with Gasteiger partial charge in [-0.1, -0.05) is 17.7 Å². The Morgan fingerprint density at radius 2 is 2.12 bits per heavy atom. The first-order valence-corrected chi connectivity index (χ1v) is 12.5. The maximum atomic E-state index is 11.5. The SMILES string of the molecule is C[C@@H]1CN(c2ccc3scc(Cl)c3c2)CCN1CC[C@@H]1OCCc2cc(C(N)=O)ccc21. The van der Waals surface area contributed by atoms with Gasteiger partial charge in [-0.25, -0.2) is 0 Å². The van der Waals surface area contributed by atoms with Gasteiger partial charge in [0.2, 0.25) is 5.91 Å². The maximum Gasteiger partial charge on any atom is 0.248 e. The number of benzene rings is 2.